The van der Waals surface area contributed by atoms with Crippen molar-refractivity contribution in [2.45, 2.75) is 24.2 Å². The lowest BCUT2D eigenvalue weighted by atomic mass is 10.5. The van der Waals surface area contributed by atoms with Crippen molar-refractivity contribution in [2.75, 3.05) is 30.9 Å². The van der Waals surface area contributed by atoms with Crippen LogP contribution in [-0.2, 0) is 4.79 Å². The largest absolute Gasteiger partial charge is 0.343 e. The van der Waals surface area contributed by atoms with E-state index in [-0.39, 0.29) is 5.91 Å². The van der Waals surface area contributed by atoms with E-state index in [0.29, 0.717) is 16.1 Å². The Morgan fingerprint density at radius 3 is 2.41 bits per heavy atom. The minimum atomic E-state index is 0.0914. The van der Waals surface area contributed by atoms with Crippen LogP contribution in [0.5, 0.6) is 0 Å². The van der Waals surface area contributed by atoms with Gasteiger partial charge in [-0.15, -0.1) is 10.2 Å². The van der Waals surface area contributed by atoms with Gasteiger partial charge in [0.05, 0.1) is 5.75 Å². The highest BCUT2D eigenvalue weighted by Crippen LogP contribution is 2.19. The Labute approximate surface area is 109 Å². The molecule has 1 aromatic heterocycles. The smallest absolute Gasteiger partial charge is 0.233 e. The monoisotopic (exact) mass is 275 g/mol. The lowest BCUT2D eigenvalue weighted by molar-refractivity contribution is -0.127. The summed E-state index contributed by atoms with van der Waals surface area (Å²) in [7, 11) is 0. The van der Waals surface area contributed by atoms with Crippen LogP contribution in [-0.4, -0.2) is 50.8 Å². The van der Waals surface area contributed by atoms with E-state index in [1.807, 2.05) is 20.1 Å². The first kappa shape index (κ1) is 14.2. The maximum atomic E-state index is 11.8. The van der Waals surface area contributed by atoms with Gasteiger partial charge in [0.25, 0.3) is 0 Å². The summed E-state index contributed by atoms with van der Waals surface area (Å²) in [5.74, 6) is 6.20. The Bertz CT molecular complexity index is 377. The number of hydrogen-bond donors (Lipinski definition) is 1. The minimum absolute atomic E-state index is 0.0914. The summed E-state index contributed by atoms with van der Waals surface area (Å²) >= 11 is 2.73. The van der Waals surface area contributed by atoms with Crippen molar-refractivity contribution in [3.8, 4) is 0 Å². The molecule has 2 N–H and O–H groups in total. The number of thioether (sulfide) groups is 2. The molecule has 17 heavy (non-hydrogen) atoms. The topological polar surface area (TPSA) is 77.0 Å². The minimum Gasteiger partial charge on any atom is -0.343 e. The van der Waals surface area contributed by atoms with Crippen molar-refractivity contribution < 1.29 is 4.79 Å². The van der Waals surface area contributed by atoms with Gasteiger partial charge in [-0.05, 0) is 20.1 Å². The van der Waals surface area contributed by atoms with Gasteiger partial charge in [0.15, 0.2) is 0 Å². The second kappa shape index (κ2) is 6.75. The summed E-state index contributed by atoms with van der Waals surface area (Å²) in [4.78, 5) is 13.5. The zero-order valence-corrected chi connectivity index (χ0v) is 11.8. The lowest BCUT2D eigenvalue weighted by Gasteiger charge is -2.17. The third kappa shape index (κ3) is 3.53. The third-order valence-electron chi connectivity index (χ3n) is 2.26. The van der Waals surface area contributed by atoms with Gasteiger partial charge in [0.2, 0.25) is 16.2 Å². The molecule has 0 saturated heterocycles. The molecule has 1 rings (SSSR count). The molecule has 0 aromatic carbocycles. The quantitative estimate of drug-likeness (QED) is 0.607. The Morgan fingerprint density at radius 2 is 1.94 bits per heavy atom. The van der Waals surface area contributed by atoms with Crippen molar-refractivity contribution >= 4 is 29.4 Å². The first-order chi connectivity index (χ1) is 8.13. The van der Waals surface area contributed by atoms with E-state index in [1.165, 1.54) is 28.2 Å². The van der Waals surface area contributed by atoms with Crippen molar-refractivity contribution in [3.05, 3.63) is 0 Å². The zero-order chi connectivity index (χ0) is 12.8. The second-order valence-corrected chi connectivity index (χ2v) is 4.91. The zero-order valence-electron chi connectivity index (χ0n) is 10.2. The molecule has 96 valence electrons. The number of aromatic nitrogens is 3. The number of hydrogen-bond acceptors (Lipinski definition) is 6. The van der Waals surface area contributed by atoms with E-state index in [9.17, 15) is 4.79 Å². The van der Waals surface area contributed by atoms with Crippen LogP contribution in [0.4, 0.5) is 0 Å². The first-order valence-corrected chi connectivity index (χ1v) is 7.50. The summed E-state index contributed by atoms with van der Waals surface area (Å²) in [6.07, 6.45) is 1.88. The maximum Gasteiger partial charge on any atom is 0.233 e. The van der Waals surface area contributed by atoms with Crippen LogP contribution in [0.1, 0.15) is 13.8 Å². The van der Waals surface area contributed by atoms with Gasteiger partial charge >= 0.3 is 0 Å². The summed E-state index contributed by atoms with van der Waals surface area (Å²) in [6, 6.07) is 0. The number of nitrogens with zero attached hydrogens (tertiary/aromatic N) is 4. The average molecular weight is 275 g/mol. The van der Waals surface area contributed by atoms with Crippen LogP contribution in [0.2, 0.25) is 0 Å². The third-order valence-corrected chi connectivity index (χ3v) is 3.83. The maximum absolute atomic E-state index is 11.8. The molecule has 6 nitrogen and oxygen atoms in total. The average Bonchev–Trinajstić information content (AvgIpc) is 2.69. The second-order valence-electron chi connectivity index (χ2n) is 3.19. The molecule has 0 aliphatic carbocycles. The fourth-order valence-electron chi connectivity index (χ4n) is 1.30. The number of nitrogens with two attached hydrogens (primary N) is 1. The molecule has 8 heteroatoms. The van der Waals surface area contributed by atoms with Crippen molar-refractivity contribution in [1.82, 2.24) is 19.8 Å². The molecular formula is C9H17N5OS2. The predicted molar refractivity (Wildman–Crippen MR) is 70.6 cm³/mol. The molecule has 0 bridgehead atoms. The number of rotatable bonds is 6. The Hall–Kier alpha value is -0.890. The number of carbonyl (C=O) groups excluding carboxylic acids is 1. The van der Waals surface area contributed by atoms with Crippen LogP contribution < -0.4 is 5.84 Å². The van der Waals surface area contributed by atoms with Crippen LogP contribution >= 0.6 is 23.5 Å². The Morgan fingerprint density at radius 1 is 1.35 bits per heavy atom. The molecule has 1 heterocycles. The van der Waals surface area contributed by atoms with E-state index in [4.69, 9.17) is 5.84 Å². The van der Waals surface area contributed by atoms with Gasteiger partial charge in [0.1, 0.15) is 0 Å². The molecule has 0 aliphatic rings. The highest BCUT2D eigenvalue weighted by atomic mass is 32.2. The standard InChI is InChI=1S/C9H17N5OS2/c1-4-13(5-2)7(15)6-17-9-12-11-8(16-3)14(9)10/h4-6,10H2,1-3H3. The Kier molecular flexibility index (Phi) is 5.63. The molecule has 0 atom stereocenters. The highest BCUT2D eigenvalue weighted by Gasteiger charge is 2.14. The van der Waals surface area contributed by atoms with Gasteiger partial charge in [-0.3, -0.25) is 4.79 Å². The number of nitrogen functional groups attached to an aromatic ring is 1. The molecule has 0 saturated carbocycles. The number of amides is 1. The molecule has 0 fully saturated rings. The van der Waals surface area contributed by atoms with E-state index in [2.05, 4.69) is 10.2 Å². The SMILES string of the molecule is CCN(CC)C(=O)CSc1nnc(SC)n1N. The van der Waals surface area contributed by atoms with Gasteiger partial charge < -0.3 is 10.7 Å². The molecule has 1 aromatic rings. The summed E-state index contributed by atoms with van der Waals surface area (Å²) < 4.78 is 1.41. The lowest BCUT2D eigenvalue weighted by Crippen LogP contribution is -2.32. The van der Waals surface area contributed by atoms with Crippen LogP contribution in [0, 0.1) is 0 Å². The van der Waals surface area contributed by atoms with Crippen molar-refractivity contribution in [2.24, 2.45) is 0 Å². The fraction of sp³-hybridized carbons (Fsp3) is 0.667. The Balaban J connectivity index is 2.55. The van der Waals surface area contributed by atoms with Crippen LogP contribution in [0.15, 0.2) is 10.3 Å². The van der Waals surface area contributed by atoms with Crippen LogP contribution in [0.3, 0.4) is 0 Å². The van der Waals surface area contributed by atoms with E-state index < -0.39 is 0 Å². The van der Waals surface area contributed by atoms with E-state index >= 15 is 0 Å². The summed E-state index contributed by atoms with van der Waals surface area (Å²) in [5, 5.41) is 9.04. The molecule has 0 radical (unpaired) electrons. The van der Waals surface area contributed by atoms with Gasteiger partial charge in [-0.1, -0.05) is 23.5 Å². The van der Waals surface area contributed by atoms with Gasteiger partial charge in [-0.25, -0.2) is 4.68 Å². The van der Waals surface area contributed by atoms with Gasteiger partial charge in [-0.2, -0.15) is 0 Å². The summed E-state index contributed by atoms with van der Waals surface area (Å²) in [5.41, 5.74) is 0. The van der Waals surface area contributed by atoms with E-state index in [1.54, 1.807) is 4.90 Å². The normalized spacial score (nSPS) is 10.5. The van der Waals surface area contributed by atoms with Gasteiger partial charge in [0, 0.05) is 13.1 Å². The fourth-order valence-corrected chi connectivity index (χ4v) is 2.52. The van der Waals surface area contributed by atoms with Crippen molar-refractivity contribution in [3.63, 3.8) is 0 Å². The molecule has 1 amide bonds. The summed E-state index contributed by atoms with van der Waals surface area (Å²) in [6.45, 7) is 5.37. The molecule has 0 unspecified atom stereocenters. The molecule has 0 aliphatic heterocycles. The van der Waals surface area contributed by atoms with Crippen LogP contribution in [0.25, 0.3) is 0 Å². The molecule has 0 spiro atoms. The highest BCUT2D eigenvalue weighted by molar-refractivity contribution is 8.00. The van der Waals surface area contributed by atoms with Crippen molar-refractivity contribution in [1.29, 1.82) is 0 Å². The number of carbonyl (C=O) groups is 1. The predicted octanol–water partition coefficient (Wildman–Crippen LogP) is 0.674. The van der Waals surface area contributed by atoms with E-state index in [0.717, 1.165) is 13.1 Å². The molecular weight excluding hydrogens is 258 g/mol. The first-order valence-electron chi connectivity index (χ1n) is 5.29.